The highest BCUT2D eigenvalue weighted by Gasteiger charge is 2.11. The molecule has 0 spiro atoms. The van der Waals surface area contributed by atoms with Crippen molar-refractivity contribution in [1.82, 2.24) is 14.8 Å². The van der Waals surface area contributed by atoms with Gasteiger partial charge in [0.15, 0.2) is 0 Å². The van der Waals surface area contributed by atoms with E-state index < -0.39 is 0 Å². The molecule has 1 aromatic heterocycles. The Labute approximate surface area is 134 Å². The van der Waals surface area contributed by atoms with E-state index in [0.717, 1.165) is 21.7 Å². The Balaban J connectivity index is 2.07. The fourth-order valence-corrected chi connectivity index (χ4v) is 2.57. The van der Waals surface area contributed by atoms with Crippen molar-refractivity contribution in [2.24, 2.45) is 0 Å². The van der Waals surface area contributed by atoms with E-state index in [1.165, 1.54) is 11.9 Å². The molecule has 0 fully saturated rings. The van der Waals surface area contributed by atoms with Crippen LogP contribution in [0.2, 0.25) is 0 Å². The summed E-state index contributed by atoms with van der Waals surface area (Å²) in [5, 5.41) is 4.92. The first-order valence-electron chi connectivity index (χ1n) is 7.07. The Kier molecular flexibility index (Phi) is 4.35. The summed E-state index contributed by atoms with van der Waals surface area (Å²) >= 11 is 6.69. The second kappa shape index (κ2) is 6.58. The molecule has 3 rings (SSSR count). The SMILES string of the molecule is Cc1ccc(C(Cl)=C(Cn2cncn2)c2ccccc2)cc1. The molecular weight excluding hydrogens is 294 g/mol. The first kappa shape index (κ1) is 14.5. The number of allylic oxidation sites excluding steroid dienone is 1. The minimum atomic E-state index is 0.580. The molecule has 0 saturated carbocycles. The van der Waals surface area contributed by atoms with E-state index in [1.54, 1.807) is 11.0 Å². The van der Waals surface area contributed by atoms with Crippen LogP contribution in [0.25, 0.3) is 10.6 Å². The van der Waals surface area contributed by atoms with Crippen molar-refractivity contribution in [2.45, 2.75) is 13.5 Å². The first-order chi connectivity index (χ1) is 10.7. The predicted octanol–water partition coefficient (Wildman–Crippen LogP) is 4.39. The number of hydrogen-bond donors (Lipinski definition) is 0. The molecule has 3 aromatic rings. The molecule has 0 aliphatic rings. The average Bonchev–Trinajstić information content (AvgIpc) is 3.07. The van der Waals surface area contributed by atoms with E-state index in [-0.39, 0.29) is 0 Å². The van der Waals surface area contributed by atoms with Gasteiger partial charge in [-0.2, -0.15) is 5.10 Å². The molecule has 2 aromatic carbocycles. The van der Waals surface area contributed by atoms with E-state index in [9.17, 15) is 0 Å². The fourth-order valence-electron chi connectivity index (χ4n) is 2.28. The molecule has 0 saturated heterocycles. The van der Waals surface area contributed by atoms with Crippen LogP contribution in [-0.2, 0) is 6.54 Å². The third-order valence-corrected chi connectivity index (χ3v) is 3.93. The average molecular weight is 310 g/mol. The quantitative estimate of drug-likeness (QED) is 0.669. The summed E-state index contributed by atoms with van der Waals surface area (Å²) in [6.07, 6.45) is 3.23. The van der Waals surface area contributed by atoms with Gasteiger partial charge in [-0.1, -0.05) is 71.8 Å². The second-order valence-corrected chi connectivity index (χ2v) is 5.50. The summed E-state index contributed by atoms with van der Waals surface area (Å²) in [6, 6.07) is 18.4. The molecule has 0 bridgehead atoms. The van der Waals surface area contributed by atoms with Crippen LogP contribution in [0.4, 0.5) is 0 Å². The minimum Gasteiger partial charge on any atom is -0.248 e. The molecule has 0 unspecified atom stereocenters. The van der Waals surface area contributed by atoms with E-state index in [4.69, 9.17) is 11.6 Å². The van der Waals surface area contributed by atoms with Crippen molar-refractivity contribution >= 4 is 22.2 Å². The Morgan fingerprint density at radius 3 is 2.36 bits per heavy atom. The predicted molar refractivity (Wildman–Crippen MR) is 90.3 cm³/mol. The highest BCUT2D eigenvalue weighted by Crippen LogP contribution is 2.30. The Morgan fingerprint density at radius 2 is 1.73 bits per heavy atom. The summed E-state index contributed by atoms with van der Waals surface area (Å²) in [4.78, 5) is 4.00. The lowest BCUT2D eigenvalue weighted by Gasteiger charge is -2.12. The standard InChI is InChI=1S/C18H16ClN3/c1-14-7-9-16(10-8-14)18(19)17(11-22-13-20-12-21-22)15-5-3-2-4-6-15/h2-10,12-13H,11H2,1H3. The topological polar surface area (TPSA) is 30.7 Å². The molecule has 0 aliphatic carbocycles. The van der Waals surface area contributed by atoms with Crippen LogP contribution < -0.4 is 0 Å². The van der Waals surface area contributed by atoms with Gasteiger partial charge in [-0.05, 0) is 18.1 Å². The summed E-state index contributed by atoms with van der Waals surface area (Å²) in [7, 11) is 0. The number of rotatable bonds is 4. The summed E-state index contributed by atoms with van der Waals surface area (Å²) in [6.45, 7) is 2.64. The first-order valence-corrected chi connectivity index (χ1v) is 7.45. The number of benzene rings is 2. The molecule has 110 valence electrons. The van der Waals surface area contributed by atoms with Crippen LogP contribution in [-0.4, -0.2) is 14.8 Å². The third kappa shape index (κ3) is 3.26. The number of halogens is 1. The fraction of sp³-hybridized carbons (Fsp3) is 0.111. The van der Waals surface area contributed by atoms with Gasteiger partial charge in [0.05, 0.1) is 11.6 Å². The van der Waals surface area contributed by atoms with Crippen LogP contribution >= 0.6 is 11.6 Å². The van der Waals surface area contributed by atoms with Crippen molar-refractivity contribution in [3.8, 4) is 0 Å². The smallest absolute Gasteiger partial charge is 0.137 e. The van der Waals surface area contributed by atoms with Crippen molar-refractivity contribution in [3.63, 3.8) is 0 Å². The van der Waals surface area contributed by atoms with E-state index in [0.29, 0.717) is 6.54 Å². The molecule has 0 N–H and O–H groups in total. The van der Waals surface area contributed by atoms with Crippen LogP contribution in [0.15, 0.2) is 67.3 Å². The highest BCUT2D eigenvalue weighted by atomic mass is 35.5. The Hall–Kier alpha value is -2.39. The largest absolute Gasteiger partial charge is 0.248 e. The van der Waals surface area contributed by atoms with Gasteiger partial charge in [0, 0.05) is 5.57 Å². The normalized spacial score (nSPS) is 12.1. The van der Waals surface area contributed by atoms with Gasteiger partial charge in [-0.3, -0.25) is 0 Å². The lowest BCUT2D eigenvalue weighted by molar-refractivity contribution is 0.711. The maximum absolute atomic E-state index is 6.69. The molecule has 3 nitrogen and oxygen atoms in total. The monoisotopic (exact) mass is 309 g/mol. The molecule has 4 heteroatoms. The lowest BCUT2D eigenvalue weighted by atomic mass is 10.0. The zero-order chi connectivity index (χ0) is 15.4. The summed E-state index contributed by atoms with van der Waals surface area (Å²) in [5.41, 5.74) is 4.33. The summed E-state index contributed by atoms with van der Waals surface area (Å²) in [5.74, 6) is 0. The maximum atomic E-state index is 6.69. The third-order valence-electron chi connectivity index (χ3n) is 3.48. The maximum Gasteiger partial charge on any atom is 0.137 e. The number of aromatic nitrogens is 3. The lowest BCUT2D eigenvalue weighted by Crippen LogP contribution is -2.02. The van der Waals surface area contributed by atoms with E-state index in [2.05, 4.69) is 41.3 Å². The van der Waals surface area contributed by atoms with Gasteiger partial charge in [0.2, 0.25) is 0 Å². The van der Waals surface area contributed by atoms with Gasteiger partial charge in [0.25, 0.3) is 0 Å². The second-order valence-electron chi connectivity index (χ2n) is 5.12. The van der Waals surface area contributed by atoms with Crippen LogP contribution in [0.1, 0.15) is 16.7 Å². The molecule has 0 atom stereocenters. The van der Waals surface area contributed by atoms with Gasteiger partial charge in [-0.15, -0.1) is 0 Å². The number of aryl methyl sites for hydroxylation is 1. The zero-order valence-corrected chi connectivity index (χ0v) is 13.0. The Morgan fingerprint density at radius 1 is 1.00 bits per heavy atom. The Bertz CT molecular complexity index is 760. The van der Waals surface area contributed by atoms with Crippen LogP contribution in [0, 0.1) is 6.92 Å². The van der Waals surface area contributed by atoms with E-state index in [1.807, 2.05) is 30.3 Å². The van der Waals surface area contributed by atoms with Crippen LogP contribution in [0.5, 0.6) is 0 Å². The van der Waals surface area contributed by atoms with E-state index >= 15 is 0 Å². The van der Waals surface area contributed by atoms with Gasteiger partial charge in [-0.25, -0.2) is 9.67 Å². The number of nitrogens with zero attached hydrogens (tertiary/aromatic N) is 3. The van der Waals surface area contributed by atoms with Crippen molar-refractivity contribution < 1.29 is 0 Å². The zero-order valence-electron chi connectivity index (χ0n) is 12.3. The summed E-state index contributed by atoms with van der Waals surface area (Å²) < 4.78 is 1.78. The number of hydrogen-bond acceptors (Lipinski definition) is 2. The van der Waals surface area contributed by atoms with Crippen molar-refractivity contribution in [2.75, 3.05) is 0 Å². The molecule has 0 amide bonds. The van der Waals surface area contributed by atoms with Crippen molar-refractivity contribution in [3.05, 3.63) is 83.9 Å². The molecular formula is C18H16ClN3. The van der Waals surface area contributed by atoms with Gasteiger partial charge in [0.1, 0.15) is 12.7 Å². The molecule has 0 radical (unpaired) electrons. The van der Waals surface area contributed by atoms with Gasteiger partial charge < -0.3 is 0 Å². The molecule has 22 heavy (non-hydrogen) atoms. The van der Waals surface area contributed by atoms with Gasteiger partial charge >= 0.3 is 0 Å². The minimum absolute atomic E-state index is 0.580. The molecule has 0 aliphatic heterocycles. The highest BCUT2D eigenvalue weighted by molar-refractivity contribution is 6.52. The molecule has 1 heterocycles. The van der Waals surface area contributed by atoms with Crippen molar-refractivity contribution in [1.29, 1.82) is 0 Å². The van der Waals surface area contributed by atoms with Crippen LogP contribution in [0.3, 0.4) is 0 Å².